The zero-order valence-electron chi connectivity index (χ0n) is 4.56. The summed E-state index contributed by atoms with van der Waals surface area (Å²) in [6.45, 7) is 0.694. The van der Waals surface area contributed by atoms with Crippen LogP contribution < -0.4 is 0 Å². The minimum Gasteiger partial charge on any atom is -0.483 e. The van der Waals surface area contributed by atoms with Gasteiger partial charge in [0.2, 0.25) is 0 Å². The Kier molecular flexibility index (Phi) is 1.44. The second kappa shape index (κ2) is 2.25. The molecule has 0 fully saturated rings. The molecule has 0 unspecified atom stereocenters. The van der Waals surface area contributed by atoms with Crippen LogP contribution in [0.4, 0.5) is 0 Å². The standard InChI is InChI=1S/C3H3N3.CH2O2/c1-3-2-6(1)5-4-3;2-1-3/h1H,2H2;1H,(H,2,3). The van der Waals surface area contributed by atoms with Gasteiger partial charge >= 0.3 is 0 Å². The van der Waals surface area contributed by atoms with E-state index in [1.807, 2.05) is 6.20 Å². The number of nitrogens with zero attached hydrogens (tertiary/aromatic N) is 3. The number of aromatic nitrogens is 3. The number of fused-ring (bicyclic) bond motifs is 1. The molecule has 0 aromatic carbocycles. The topological polar surface area (TPSA) is 68.0 Å². The van der Waals surface area contributed by atoms with Crippen molar-refractivity contribution in [1.82, 2.24) is 15.0 Å². The van der Waals surface area contributed by atoms with Gasteiger partial charge in [0.05, 0.1) is 12.7 Å². The molecule has 1 aromatic rings. The number of carbonyl (C=O) groups is 1. The molecule has 0 aliphatic carbocycles. The molecule has 1 aromatic heterocycles. The SMILES string of the molecule is O=CO.c1c2nnn1C2. The zero-order chi connectivity index (χ0) is 6.69. The summed E-state index contributed by atoms with van der Waals surface area (Å²) in [6, 6.07) is 0. The normalized spacial score (nSPS) is 10.7. The summed E-state index contributed by atoms with van der Waals surface area (Å²) < 4.78 is 1.80. The van der Waals surface area contributed by atoms with E-state index < -0.39 is 0 Å². The lowest BCUT2D eigenvalue weighted by Crippen LogP contribution is -2.03. The molecule has 5 heteroatoms. The van der Waals surface area contributed by atoms with E-state index >= 15 is 0 Å². The van der Waals surface area contributed by atoms with E-state index in [-0.39, 0.29) is 6.47 Å². The van der Waals surface area contributed by atoms with Gasteiger partial charge in [-0.25, -0.2) is 4.68 Å². The summed E-state index contributed by atoms with van der Waals surface area (Å²) in [5.74, 6) is 0. The largest absolute Gasteiger partial charge is 0.483 e. The van der Waals surface area contributed by atoms with Gasteiger partial charge < -0.3 is 5.11 Å². The highest BCUT2D eigenvalue weighted by Crippen LogP contribution is 2.04. The molecule has 5 nitrogen and oxygen atoms in total. The minimum absolute atomic E-state index is 0.250. The third-order valence-corrected chi connectivity index (χ3v) is 0.910. The Bertz CT molecular complexity index is 183. The van der Waals surface area contributed by atoms with Crippen LogP contribution in [0.2, 0.25) is 0 Å². The molecule has 0 spiro atoms. The molecule has 1 N–H and O–H groups in total. The Hall–Kier alpha value is -1.39. The van der Waals surface area contributed by atoms with Crippen LogP contribution >= 0.6 is 0 Å². The Morgan fingerprint density at radius 2 is 2.44 bits per heavy atom. The lowest BCUT2D eigenvalue weighted by Gasteiger charge is -1.97. The fourth-order valence-electron chi connectivity index (χ4n) is 0.542. The maximum atomic E-state index is 8.36. The minimum atomic E-state index is -0.250. The van der Waals surface area contributed by atoms with Crippen LogP contribution in [0.15, 0.2) is 6.20 Å². The Morgan fingerprint density at radius 3 is 2.56 bits per heavy atom. The van der Waals surface area contributed by atoms with Gasteiger partial charge in [-0.1, -0.05) is 5.21 Å². The second-order valence-electron chi connectivity index (χ2n) is 1.51. The molecule has 0 saturated carbocycles. The predicted octanol–water partition coefficient (Wildman–Crippen LogP) is -0.659. The van der Waals surface area contributed by atoms with Crippen molar-refractivity contribution in [3.05, 3.63) is 11.9 Å². The average molecular weight is 127 g/mol. The van der Waals surface area contributed by atoms with Crippen LogP contribution in [0.3, 0.4) is 0 Å². The summed E-state index contributed by atoms with van der Waals surface area (Å²) in [7, 11) is 0. The monoisotopic (exact) mass is 127 g/mol. The highest BCUT2D eigenvalue weighted by atomic mass is 16.3. The smallest absolute Gasteiger partial charge is 0.290 e. The summed E-state index contributed by atoms with van der Waals surface area (Å²) in [5.41, 5.74) is 1.11. The molecule has 2 aliphatic heterocycles. The van der Waals surface area contributed by atoms with Crippen molar-refractivity contribution in [2.24, 2.45) is 0 Å². The van der Waals surface area contributed by atoms with Gasteiger partial charge in [-0.2, -0.15) is 0 Å². The molecule has 2 bridgehead atoms. The molecular formula is C4H5N3O2. The van der Waals surface area contributed by atoms with Crippen LogP contribution in [0, 0.1) is 0 Å². The van der Waals surface area contributed by atoms with Gasteiger partial charge in [0, 0.05) is 0 Å². The van der Waals surface area contributed by atoms with Crippen LogP contribution in [0.1, 0.15) is 5.69 Å². The number of hydrogen-bond acceptors (Lipinski definition) is 3. The molecule has 0 radical (unpaired) electrons. The van der Waals surface area contributed by atoms with Gasteiger partial charge in [0.25, 0.3) is 6.47 Å². The van der Waals surface area contributed by atoms with E-state index in [9.17, 15) is 0 Å². The van der Waals surface area contributed by atoms with Crippen molar-refractivity contribution < 1.29 is 9.90 Å². The highest BCUT2D eigenvalue weighted by molar-refractivity contribution is 5.32. The van der Waals surface area contributed by atoms with E-state index in [1.54, 1.807) is 4.68 Å². The lowest BCUT2D eigenvalue weighted by molar-refractivity contribution is -0.122. The first-order chi connectivity index (χ1) is 4.36. The van der Waals surface area contributed by atoms with Gasteiger partial charge in [-0.05, 0) is 0 Å². The van der Waals surface area contributed by atoms with Crippen LogP contribution in [-0.4, -0.2) is 26.6 Å². The van der Waals surface area contributed by atoms with E-state index in [0.717, 1.165) is 12.2 Å². The Morgan fingerprint density at radius 1 is 1.89 bits per heavy atom. The van der Waals surface area contributed by atoms with E-state index in [4.69, 9.17) is 9.90 Å². The molecular weight excluding hydrogens is 122 g/mol. The summed E-state index contributed by atoms with van der Waals surface area (Å²) in [4.78, 5) is 8.36. The van der Waals surface area contributed by atoms with Crippen molar-refractivity contribution >= 4 is 6.47 Å². The first kappa shape index (κ1) is 5.74. The number of rotatable bonds is 0. The van der Waals surface area contributed by atoms with Gasteiger partial charge in [-0.3, -0.25) is 4.79 Å². The summed E-state index contributed by atoms with van der Waals surface area (Å²) in [5, 5.41) is 14.3. The fraction of sp³-hybridized carbons (Fsp3) is 0.250. The number of hydrogen-bond donors (Lipinski definition) is 1. The fourth-order valence-corrected chi connectivity index (χ4v) is 0.542. The van der Waals surface area contributed by atoms with Crippen molar-refractivity contribution in [3.8, 4) is 0 Å². The molecule has 0 amide bonds. The third kappa shape index (κ3) is 1.04. The van der Waals surface area contributed by atoms with Crippen molar-refractivity contribution in [2.45, 2.75) is 6.54 Å². The maximum absolute atomic E-state index is 8.36. The van der Waals surface area contributed by atoms with Gasteiger partial charge in [0.15, 0.2) is 0 Å². The van der Waals surface area contributed by atoms with Crippen molar-refractivity contribution in [2.75, 3.05) is 0 Å². The first-order valence-electron chi connectivity index (χ1n) is 2.33. The molecule has 2 aliphatic rings. The Balaban J connectivity index is 0.000000120. The third-order valence-electron chi connectivity index (χ3n) is 0.910. The molecule has 0 atom stereocenters. The maximum Gasteiger partial charge on any atom is 0.290 e. The molecule has 48 valence electrons. The molecule has 3 heterocycles. The van der Waals surface area contributed by atoms with Gasteiger partial charge in [0.1, 0.15) is 5.69 Å². The first-order valence-corrected chi connectivity index (χ1v) is 2.33. The number of carboxylic acid groups (broad SMARTS) is 1. The van der Waals surface area contributed by atoms with E-state index in [2.05, 4.69) is 10.3 Å². The molecule has 9 heavy (non-hydrogen) atoms. The quantitative estimate of drug-likeness (QED) is 0.477. The lowest BCUT2D eigenvalue weighted by atomic mass is 10.4. The van der Waals surface area contributed by atoms with Crippen molar-refractivity contribution in [1.29, 1.82) is 0 Å². The van der Waals surface area contributed by atoms with Crippen molar-refractivity contribution in [3.63, 3.8) is 0 Å². The summed E-state index contributed by atoms with van der Waals surface area (Å²) in [6.07, 6.45) is 1.92. The second-order valence-corrected chi connectivity index (χ2v) is 1.51. The van der Waals surface area contributed by atoms with Crippen LogP contribution in [0.5, 0.6) is 0 Å². The molecule has 3 rings (SSSR count). The van der Waals surface area contributed by atoms with Crippen LogP contribution in [-0.2, 0) is 11.3 Å². The van der Waals surface area contributed by atoms with E-state index in [0.29, 0.717) is 0 Å². The summed E-state index contributed by atoms with van der Waals surface area (Å²) >= 11 is 0. The zero-order valence-corrected chi connectivity index (χ0v) is 4.56. The average Bonchev–Trinajstić information content (AvgIpc) is 2.17. The van der Waals surface area contributed by atoms with Gasteiger partial charge in [-0.15, -0.1) is 5.10 Å². The van der Waals surface area contributed by atoms with E-state index in [1.165, 1.54) is 0 Å². The highest BCUT2D eigenvalue weighted by Gasteiger charge is 2.09. The van der Waals surface area contributed by atoms with Crippen LogP contribution in [0.25, 0.3) is 0 Å². The predicted molar refractivity (Wildman–Crippen MR) is 27.8 cm³/mol. The Labute approximate surface area is 50.9 Å². The molecule has 0 saturated heterocycles.